The lowest BCUT2D eigenvalue weighted by molar-refractivity contribution is 0.211. The maximum atomic E-state index is 6.06. The Kier molecular flexibility index (Phi) is 3.86. The van der Waals surface area contributed by atoms with Crippen molar-refractivity contribution in [3.63, 3.8) is 0 Å². The van der Waals surface area contributed by atoms with Gasteiger partial charge in [-0.15, -0.1) is 0 Å². The number of hydrogen-bond acceptors (Lipinski definition) is 4. The number of fused-ring (bicyclic) bond motifs is 1. The van der Waals surface area contributed by atoms with Crippen molar-refractivity contribution in [2.75, 3.05) is 25.6 Å². The second-order valence-corrected chi connectivity index (χ2v) is 4.96. The minimum atomic E-state index is 0.621. The second-order valence-electron chi connectivity index (χ2n) is 3.15. The van der Waals surface area contributed by atoms with E-state index in [1.54, 1.807) is 19.2 Å². The Balaban J connectivity index is 2.29. The van der Waals surface area contributed by atoms with Crippen LogP contribution in [-0.4, -0.2) is 25.2 Å². The quantitative estimate of drug-likeness (QED) is 0.866. The molecule has 0 fully saturated rings. The van der Waals surface area contributed by atoms with Crippen molar-refractivity contribution in [2.24, 2.45) is 0 Å². The van der Waals surface area contributed by atoms with Gasteiger partial charge in [0.05, 0.1) is 21.4 Å². The number of halogens is 2. The minimum absolute atomic E-state index is 0.621. The molecule has 2 aromatic rings. The van der Waals surface area contributed by atoms with E-state index >= 15 is 0 Å². The topological polar surface area (TPSA) is 34.1 Å². The van der Waals surface area contributed by atoms with Gasteiger partial charge in [-0.1, -0.05) is 34.5 Å². The van der Waals surface area contributed by atoms with Gasteiger partial charge in [-0.05, 0) is 12.1 Å². The number of methoxy groups -OCH3 is 1. The summed E-state index contributed by atoms with van der Waals surface area (Å²) in [7, 11) is 1.66. The fraction of sp³-hybridized carbons (Fsp3) is 0.300. The number of rotatable bonds is 4. The lowest BCUT2D eigenvalue weighted by atomic mass is 10.3. The van der Waals surface area contributed by atoms with Crippen LogP contribution in [0.25, 0.3) is 10.2 Å². The van der Waals surface area contributed by atoms with Crippen LogP contribution in [0.15, 0.2) is 12.1 Å². The summed E-state index contributed by atoms with van der Waals surface area (Å²) in [6.07, 6.45) is 0. The zero-order chi connectivity index (χ0) is 11.5. The van der Waals surface area contributed by atoms with E-state index in [-0.39, 0.29) is 0 Å². The summed E-state index contributed by atoms with van der Waals surface area (Å²) in [5.41, 5.74) is 0.749. The molecule has 86 valence electrons. The summed E-state index contributed by atoms with van der Waals surface area (Å²) in [4.78, 5) is 4.38. The summed E-state index contributed by atoms with van der Waals surface area (Å²) in [5.74, 6) is 0. The van der Waals surface area contributed by atoms with Crippen LogP contribution in [0.4, 0.5) is 5.13 Å². The molecule has 16 heavy (non-hydrogen) atoms. The smallest absolute Gasteiger partial charge is 0.183 e. The number of aromatic nitrogens is 1. The van der Waals surface area contributed by atoms with Crippen molar-refractivity contribution in [2.45, 2.75) is 0 Å². The van der Waals surface area contributed by atoms with Crippen LogP contribution < -0.4 is 5.32 Å². The molecule has 0 saturated carbocycles. The highest BCUT2D eigenvalue weighted by Gasteiger charge is 2.09. The van der Waals surface area contributed by atoms with Crippen molar-refractivity contribution in [3.8, 4) is 0 Å². The number of hydrogen-bond donors (Lipinski definition) is 1. The number of ether oxygens (including phenoxy) is 1. The summed E-state index contributed by atoms with van der Waals surface area (Å²) in [6, 6.07) is 3.54. The average Bonchev–Trinajstić information content (AvgIpc) is 2.69. The van der Waals surface area contributed by atoms with Crippen molar-refractivity contribution in [3.05, 3.63) is 22.2 Å². The molecule has 1 aromatic carbocycles. The summed E-state index contributed by atoms with van der Waals surface area (Å²) in [6.45, 7) is 1.35. The molecule has 0 spiro atoms. The van der Waals surface area contributed by atoms with Gasteiger partial charge >= 0.3 is 0 Å². The standard InChI is InChI=1S/C10H10Cl2N2OS/c1-15-5-4-13-10-14-8-6(11)2-3-7(12)9(8)16-10/h2-3H,4-5H2,1H3,(H,13,14). The first-order valence-electron chi connectivity index (χ1n) is 4.69. The predicted molar refractivity (Wildman–Crippen MR) is 70.0 cm³/mol. The number of benzene rings is 1. The Morgan fingerprint density at radius 2 is 2.12 bits per heavy atom. The lowest BCUT2D eigenvalue weighted by Crippen LogP contribution is -2.06. The third-order valence-electron chi connectivity index (χ3n) is 2.03. The second kappa shape index (κ2) is 5.19. The van der Waals surface area contributed by atoms with Crippen LogP contribution in [0.3, 0.4) is 0 Å². The molecule has 0 aliphatic carbocycles. The Morgan fingerprint density at radius 1 is 1.38 bits per heavy atom. The number of anilines is 1. The van der Waals surface area contributed by atoms with E-state index in [9.17, 15) is 0 Å². The van der Waals surface area contributed by atoms with Crippen LogP contribution in [0, 0.1) is 0 Å². The van der Waals surface area contributed by atoms with E-state index < -0.39 is 0 Å². The van der Waals surface area contributed by atoms with Gasteiger partial charge in [0, 0.05) is 13.7 Å². The van der Waals surface area contributed by atoms with Crippen molar-refractivity contribution >= 4 is 49.9 Å². The first-order valence-corrected chi connectivity index (χ1v) is 6.27. The van der Waals surface area contributed by atoms with Crippen LogP contribution in [0.5, 0.6) is 0 Å². The van der Waals surface area contributed by atoms with Gasteiger partial charge in [-0.2, -0.15) is 0 Å². The lowest BCUT2D eigenvalue weighted by Gasteiger charge is -1.99. The van der Waals surface area contributed by atoms with Gasteiger partial charge in [0.15, 0.2) is 5.13 Å². The zero-order valence-electron chi connectivity index (χ0n) is 8.59. The molecular weight excluding hydrogens is 267 g/mol. The molecule has 1 aromatic heterocycles. The normalized spacial score (nSPS) is 10.9. The van der Waals surface area contributed by atoms with Crippen molar-refractivity contribution in [1.82, 2.24) is 4.98 Å². The minimum Gasteiger partial charge on any atom is -0.383 e. The number of nitrogens with one attached hydrogen (secondary N) is 1. The highest BCUT2D eigenvalue weighted by Crippen LogP contribution is 2.35. The fourth-order valence-electron chi connectivity index (χ4n) is 1.28. The van der Waals surface area contributed by atoms with E-state index in [0.29, 0.717) is 23.2 Å². The maximum absolute atomic E-state index is 6.06. The van der Waals surface area contributed by atoms with Gasteiger partial charge in [0.25, 0.3) is 0 Å². The SMILES string of the molecule is COCCNc1nc2c(Cl)ccc(Cl)c2s1. The van der Waals surface area contributed by atoms with E-state index in [0.717, 1.165) is 15.3 Å². The maximum Gasteiger partial charge on any atom is 0.183 e. The highest BCUT2D eigenvalue weighted by atomic mass is 35.5. The first-order chi connectivity index (χ1) is 7.72. The van der Waals surface area contributed by atoms with Gasteiger partial charge in [0.1, 0.15) is 5.52 Å². The van der Waals surface area contributed by atoms with E-state index in [4.69, 9.17) is 27.9 Å². The van der Waals surface area contributed by atoms with Gasteiger partial charge in [-0.25, -0.2) is 4.98 Å². The summed E-state index contributed by atoms with van der Waals surface area (Å²) < 4.78 is 5.86. The van der Waals surface area contributed by atoms with Crippen LogP contribution in [0.1, 0.15) is 0 Å². The first kappa shape index (κ1) is 11.9. The number of thiazole rings is 1. The molecule has 1 heterocycles. The molecule has 0 unspecified atom stereocenters. The Hall–Kier alpha value is -0.550. The molecule has 0 amide bonds. The van der Waals surface area contributed by atoms with Gasteiger partial charge in [0.2, 0.25) is 0 Å². The molecule has 3 nitrogen and oxygen atoms in total. The zero-order valence-corrected chi connectivity index (χ0v) is 10.9. The Labute approximate surface area is 107 Å². The van der Waals surface area contributed by atoms with E-state index in [1.807, 2.05) is 0 Å². The van der Waals surface area contributed by atoms with Gasteiger partial charge in [-0.3, -0.25) is 0 Å². The average molecular weight is 277 g/mol. The molecule has 0 aliphatic rings. The molecule has 0 atom stereocenters. The molecule has 0 radical (unpaired) electrons. The molecule has 1 N–H and O–H groups in total. The summed E-state index contributed by atoms with van der Waals surface area (Å²) >= 11 is 13.6. The van der Waals surface area contributed by atoms with Crippen LogP contribution in [-0.2, 0) is 4.74 Å². The third-order valence-corrected chi connectivity index (χ3v) is 3.81. The fourth-order valence-corrected chi connectivity index (χ4v) is 2.73. The monoisotopic (exact) mass is 276 g/mol. The number of nitrogens with zero attached hydrogens (tertiary/aromatic N) is 1. The highest BCUT2D eigenvalue weighted by molar-refractivity contribution is 7.22. The van der Waals surface area contributed by atoms with Crippen molar-refractivity contribution in [1.29, 1.82) is 0 Å². The van der Waals surface area contributed by atoms with Crippen molar-refractivity contribution < 1.29 is 4.74 Å². The van der Waals surface area contributed by atoms with E-state index in [2.05, 4.69) is 10.3 Å². The predicted octanol–water partition coefficient (Wildman–Crippen LogP) is 3.66. The molecule has 0 bridgehead atoms. The molecule has 2 rings (SSSR count). The summed E-state index contributed by atoms with van der Waals surface area (Å²) in [5, 5.41) is 5.26. The largest absolute Gasteiger partial charge is 0.383 e. The van der Waals surface area contributed by atoms with Crippen LogP contribution in [0.2, 0.25) is 10.0 Å². The third kappa shape index (κ3) is 2.40. The Morgan fingerprint density at radius 3 is 2.81 bits per heavy atom. The van der Waals surface area contributed by atoms with Crippen LogP contribution >= 0.6 is 34.5 Å². The van der Waals surface area contributed by atoms with Gasteiger partial charge < -0.3 is 10.1 Å². The molecule has 0 saturated heterocycles. The van der Waals surface area contributed by atoms with E-state index in [1.165, 1.54) is 11.3 Å². The molecular formula is C10H10Cl2N2OS. The molecule has 0 aliphatic heterocycles. The Bertz CT molecular complexity index is 462. The molecule has 6 heteroatoms.